The summed E-state index contributed by atoms with van der Waals surface area (Å²) in [5.74, 6) is 4.26. The van der Waals surface area contributed by atoms with E-state index in [1.54, 1.807) is 55.8 Å². The number of methoxy groups -OCH3 is 8. The van der Waals surface area contributed by atoms with E-state index in [-0.39, 0.29) is 85.5 Å². The molecule has 2 aliphatic carbocycles. The minimum Gasteiger partial charge on any atom is -0.790 e. The average molecular weight is 1220 g/mol. The van der Waals surface area contributed by atoms with E-state index in [1.807, 2.05) is 103 Å². The Morgan fingerprint density at radius 2 is 0.869 bits per heavy atom. The third-order valence-corrected chi connectivity index (χ3v) is 15.1. The monoisotopic (exact) mass is 1220 g/mol. The summed E-state index contributed by atoms with van der Waals surface area (Å²) in [4.78, 5) is 46.6. The Kier molecular flexibility index (Phi) is 27.5. The molecule has 0 saturated carbocycles. The number of phosphoric ester groups is 2. The first-order chi connectivity index (χ1) is 39.6. The van der Waals surface area contributed by atoms with Crippen LogP contribution in [0.25, 0.3) is 22.3 Å². The number of hydrogen-bond acceptors (Lipinski definition) is 20. The van der Waals surface area contributed by atoms with Crippen molar-refractivity contribution >= 4 is 27.8 Å². The van der Waals surface area contributed by atoms with Gasteiger partial charge in [-0.05, 0) is 107 Å². The Hall–Kier alpha value is -5.52. The van der Waals surface area contributed by atoms with E-state index in [4.69, 9.17) is 60.9 Å². The summed E-state index contributed by atoms with van der Waals surface area (Å²) in [7, 11) is 3.32. The van der Waals surface area contributed by atoms with Crippen molar-refractivity contribution in [1.29, 1.82) is 0 Å². The fourth-order valence-corrected chi connectivity index (χ4v) is 10.9. The van der Waals surface area contributed by atoms with Crippen LogP contribution in [-0.2, 0) is 62.8 Å². The molecule has 2 atom stereocenters. The molecule has 8 rings (SSSR count). The molecular formula is C58H66N2Na2O20P2. The molecule has 440 valence electrons. The molecule has 26 heteroatoms. The number of amides is 2. The van der Waals surface area contributed by atoms with Crippen molar-refractivity contribution in [2.45, 2.75) is 51.0 Å². The van der Waals surface area contributed by atoms with Gasteiger partial charge in [-0.15, -0.1) is 0 Å². The van der Waals surface area contributed by atoms with Crippen molar-refractivity contribution in [2.75, 3.05) is 83.3 Å². The van der Waals surface area contributed by atoms with Gasteiger partial charge in [0.05, 0.1) is 103 Å². The number of fused-ring (bicyclic) bond motifs is 6. The van der Waals surface area contributed by atoms with Crippen molar-refractivity contribution in [2.24, 2.45) is 0 Å². The third-order valence-electron chi connectivity index (χ3n) is 13.2. The second-order valence-electron chi connectivity index (χ2n) is 18.1. The van der Waals surface area contributed by atoms with Crippen LogP contribution in [0, 0.1) is 0 Å². The summed E-state index contributed by atoms with van der Waals surface area (Å²) in [5.41, 5.74) is 8.42. The van der Waals surface area contributed by atoms with Crippen LogP contribution >= 0.6 is 15.6 Å². The van der Waals surface area contributed by atoms with Crippen LogP contribution in [0.3, 0.4) is 0 Å². The van der Waals surface area contributed by atoms with Gasteiger partial charge in [0.2, 0.25) is 11.5 Å². The Balaban J connectivity index is 0.000000317. The van der Waals surface area contributed by atoms with Gasteiger partial charge in [-0.3, -0.25) is 13.6 Å². The first-order valence-electron chi connectivity index (χ1n) is 25.7. The van der Waals surface area contributed by atoms with Crippen LogP contribution < -0.4 is 117 Å². The maximum absolute atomic E-state index is 13.5. The Morgan fingerprint density at radius 3 is 1.23 bits per heavy atom. The summed E-state index contributed by atoms with van der Waals surface area (Å²) in [6, 6.07) is 32.6. The number of aryl methyl sites for hydroxylation is 2. The van der Waals surface area contributed by atoms with Gasteiger partial charge in [-0.25, -0.2) is 14.2 Å². The zero-order chi connectivity index (χ0) is 58.8. The van der Waals surface area contributed by atoms with Crippen molar-refractivity contribution in [3.63, 3.8) is 0 Å². The molecule has 2 N–H and O–H groups in total. The van der Waals surface area contributed by atoms with E-state index < -0.39 is 53.1 Å². The van der Waals surface area contributed by atoms with Gasteiger partial charge in [0, 0.05) is 11.1 Å². The summed E-state index contributed by atoms with van der Waals surface area (Å²) >= 11 is 0. The summed E-state index contributed by atoms with van der Waals surface area (Å²) in [6.07, 6.45) is 0.753. The van der Waals surface area contributed by atoms with Crippen molar-refractivity contribution in [1.82, 2.24) is 10.6 Å². The van der Waals surface area contributed by atoms with Gasteiger partial charge in [-0.1, -0.05) is 72.8 Å². The maximum Gasteiger partial charge on any atom is 1.00 e. The molecule has 0 heterocycles. The largest absolute Gasteiger partial charge is 1.00 e. The molecule has 0 bridgehead atoms. The van der Waals surface area contributed by atoms with E-state index in [0.29, 0.717) is 71.7 Å². The molecule has 0 aliphatic heterocycles. The number of phosphoric acid groups is 2. The number of carbonyl (C=O) groups excluding carboxylic acids is 2. The maximum atomic E-state index is 13.5. The first kappa shape index (κ1) is 69.3. The van der Waals surface area contributed by atoms with E-state index in [9.17, 15) is 28.5 Å². The van der Waals surface area contributed by atoms with Crippen molar-refractivity contribution in [3.8, 4) is 68.2 Å². The summed E-state index contributed by atoms with van der Waals surface area (Å²) < 4.78 is 100. The second-order valence-corrected chi connectivity index (χ2v) is 20.9. The number of ether oxygens (including phenoxy) is 10. The topological polar surface area (TPSA) is 268 Å². The van der Waals surface area contributed by atoms with E-state index in [1.165, 1.54) is 7.11 Å². The van der Waals surface area contributed by atoms with Crippen LogP contribution in [0.2, 0.25) is 0 Å². The van der Waals surface area contributed by atoms with Gasteiger partial charge in [0.15, 0.2) is 23.0 Å². The molecule has 6 aromatic carbocycles. The molecule has 6 aromatic rings. The molecule has 0 unspecified atom stereocenters. The van der Waals surface area contributed by atoms with E-state index in [2.05, 4.69) is 15.2 Å². The minimum absolute atomic E-state index is 0. The number of nitrogens with one attached hydrogen (secondary N) is 2. The predicted octanol–water partition coefficient (Wildman–Crippen LogP) is 3.61. The zero-order valence-electron chi connectivity index (χ0n) is 48.7. The standard InChI is InChI=1S/C36H40NO10P.C22H28NO10P.2Na/c1-40-28-16-17-29-30(22-28)31(18-15-27-21-32(41-2)34(42-3)35(43-4)33(27)29)37-36(38)44-19-20-45-48(39,46-23-25-11-7-5-8-12-25)47-24-26-13-9-6-10-14-26;1-28-14-6-7-15-16(12-14)17(23-22(24)32-9-10-33-34(25,26)27)8-5-13-11-18(29-2)20(30-3)21(31-4)19(13)15;;/h5-14,16-17,21-22,31H,15,18-20,23-24H2,1-4H3,(H,37,38);6-7,11-12,17H,5,8-10H2,1-4H3,(H,23,24)(H2,25,26,27);;/q;;2*+1/p-2/t31-;17-;;/m00../s1. The van der Waals surface area contributed by atoms with Crippen LogP contribution in [0.15, 0.2) is 109 Å². The molecule has 0 radical (unpaired) electrons. The van der Waals surface area contributed by atoms with Gasteiger partial charge < -0.3 is 76.9 Å². The fourth-order valence-electron chi connectivity index (χ4n) is 9.48. The summed E-state index contributed by atoms with van der Waals surface area (Å²) in [6.45, 7) is -1.34. The van der Waals surface area contributed by atoms with E-state index >= 15 is 0 Å². The first-order valence-corrected chi connectivity index (χ1v) is 28.7. The Morgan fingerprint density at radius 1 is 0.476 bits per heavy atom. The van der Waals surface area contributed by atoms with Crippen LogP contribution in [0.1, 0.15) is 58.3 Å². The average Bonchev–Trinajstić information content (AvgIpc) is 3.10. The van der Waals surface area contributed by atoms with Crippen LogP contribution in [0.5, 0.6) is 46.0 Å². The van der Waals surface area contributed by atoms with Gasteiger partial charge in [0.25, 0.3) is 0 Å². The molecule has 84 heavy (non-hydrogen) atoms. The van der Waals surface area contributed by atoms with Gasteiger partial charge in [-0.2, -0.15) is 0 Å². The number of alkyl carbamates (subject to hydrolysis) is 2. The number of hydrogen-bond donors (Lipinski definition) is 2. The van der Waals surface area contributed by atoms with Gasteiger partial charge in [0.1, 0.15) is 24.7 Å². The number of benzene rings is 6. The molecule has 22 nitrogen and oxygen atoms in total. The summed E-state index contributed by atoms with van der Waals surface area (Å²) in [5, 5.41) is 5.77. The molecule has 0 spiro atoms. The van der Waals surface area contributed by atoms with Crippen molar-refractivity contribution < 1.29 is 153 Å². The SMILES string of the molecule is COc1ccc2c(c1)[C@@H](NC(=O)OCCOP(=O)(OCc1ccccc1)OCc1ccccc1)CCc1cc(OC)c(OC)c(OC)c1-2.COc1ccc2c(c1)[C@@H](NC(=O)OCCOP(=O)([O-])[O-])CCc1cc(OC)c(OC)c(OC)c1-2.[Na+].[Na+]. The minimum atomic E-state index is -5.13. The molecule has 2 aliphatic rings. The van der Waals surface area contributed by atoms with Crippen LogP contribution in [0.4, 0.5) is 9.59 Å². The van der Waals surface area contributed by atoms with Crippen LogP contribution in [-0.4, -0.2) is 95.5 Å². The van der Waals surface area contributed by atoms with Crippen molar-refractivity contribution in [3.05, 3.63) is 143 Å². The fraction of sp³-hybridized carbons (Fsp3) is 0.345. The Bertz CT molecular complexity index is 3180. The quantitative estimate of drug-likeness (QED) is 0.0498. The smallest absolute Gasteiger partial charge is 0.790 e. The predicted molar refractivity (Wildman–Crippen MR) is 297 cm³/mol. The molecule has 0 aromatic heterocycles. The Labute approximate surface area is 532 Å². The molecular weight excluding hydrogens is 1150 g/mol. The number of rotatable bonds is 24. The molecule has 0 saturated heterocycles. The van der Waals surface area contributed by atoms with E-state index in [0.717, 1.165) is 55.6 Å². The third kappa shape index (κ3) is 18.3. The normalized spacial score (nSPS) is 13.9. The number of carbonyl (C=O) groups is 2. The zero-order valence-corrected chi connectivity index (χ0v) is 54.5. The molecule has 2 amide bonds. The molecule has 0 fully saturated rings. The van der Waals surface area contributed by atoms with Gasteiger partial charge >= 0.3 is 79.1 Å². The second kappa shape index (κ2) is 33.4.